The normalized spacial score (nSPS) is 25.0. The molecule has 2 aliphatic heterocycles. The van der Waals surface area contributed by atoms with Gasteiger partial charge in [-0.15, -0.1) is 0 Å². The molecule has 1 saturated carbocycles. The molecular weight excluding hydrogens is 224 g/mol. The van der Waals surface area contributed by atoms with Crippen molar-refractivity contribution in [2.45, 2.75) is 37.0 Å². The van der Waals surface area contributed by atoms with Gasteiger partial charge in [-0.05, 0) is 61.9 Å². The Morgan fingerprint density at radius 3 is 2.67 bits per heavy atom. The molecule has 18 heavy (non-hydrogen) atoms. The summed E-state index contributed by atoms with van der Waals surface area (Å²) < 4.78 is 0. The van der Waals surface area contributed by atoms with Crippen LogP contribution in [0, 0.1) is 0 Å². The molecular formula is C15H18N2O. The molecule has 1 saturated heterocycles. The monoisotopic (exact) mass is 242 g/mol. The third-order valence-corrected chi connectivity index (χ3v) is 4.75. The van der Waals surface area contributed by atoms with Crippen LogP contribution in [0.5, 0.6) is 0 Å². The van der Waals surface area contributed by atoms with Crippen LogP contribution in [0.15, 0.2) is 18.2 Å². The van der Waals surface area contributed by atoms with Crippen molar-refractivity contribution in [3.05, 3.63) is 29.3 Å². The lowest BCUT2D eigenvalue weighted by Crippen LogP contribution is -2.44. The summed E-state index contributed by atoms with van der Waals surface area (Å²) in [6, 6.07) is 6.60. The maximum Gasteiger partial charge on any atom is 0.235 e. The summed E-state index contributed by atoms with van der Waals surface area (Å²) >= 11 is 0. The largest absolute Gasteiger partial charge is 0.325 e. The Kier molecular flexibility index (Phi) is 2.10. The fourth-order valence-electron chi connectivity index (χ4n) is 3.45. The summed E-state index contributed by atoms with van der Waals surface area (Å²) in [5.41, 5.74) is 3.50. The number of nitrogens with one attached hydrogen (secondary N) is 2. The first-order valence-corrected chi connectivity index (χ1v) is 6.96. The van der Waals surface area contributed by atoms with Crippen molar-refractivity contribution in [2.75, 3.05) is 18.4 Å². The molecule has 1 aromatic carbocycles. The quantitative estimate of drug-likeness (QED) is 0.792. The van der Waals surface area contributed by atoms with Gasteiger partial charge in [-0.3, -0.25) is 4.79 Å². The van der Waals surface area contributed by atoms with E-state index in [9.17, 15) is 4.79 Å². The lowest BCUT2D eigenvalue weighted by molar-refractivity contribution is -0.121. The Hall–Kier alpha value is -1.35. The second-order valence-corrected chi connectivity index (χ2v) is 5.87. The van der Waals surface area contributed by atoms with E-state index < -0.39 is 0 Å². The van der Waals surface area contributed by atoms with Gasteiger partial charge in [0.05, 0.1) is 5.41 Å². The summed E-state index contributed by atoms with van der Waals surface area (Å²) in [6.45, 7) is 1.89. The Morgan fingerprint density at radius 2 is 1.94 bits per heavy atom. The number of rotatable bonds is 1. The van der Waals surface area contributed by atoms with Crippen LogP contribution >= 0.6 is 0 Å². The SMILES string of the molecule is O=C1Nc2ccc(C3CC3)cc2C12CCNCC2. The van der Waals surface area contributed by atoms with Gasteiger partial charge in [0.1, 0.15) is 0 Å². The highest BCUT2D eigenvalue weighted by Crippen LogP contribution is 2.47. The lowest BCUT2D eigenvalue weighted by atomic mass is 9.73. The van der Waals surface area contributed by atoms with Gasteiger partial charge in [-0.25, -0.2) is 0 Å². The van der Waals surface area contributed by atoms with E-state index in [1.807, 2.05) is 0 Å². The first-order valence-electron chi connectivity index (χ1n) is 6.96. The van der Waals surface area contributed by atoms with Gasteiger partial charge in [0.2, 0.25) is 5.91 Å². The molecule has 2 fully saturated rings. The molecule has 1 amide bonds. The number of anilines is 1. The predicted molar refractivity (Wildman–Crippen MR) is 70.8 cm³/mol. The van der Waals surface area contributed by atoms with Gasteiger partial charge in [0, 0.05) is 5.69 Å². The molecule has 1 aromatic rings. The van der Waals surface area contributed by atoms with Gasteiger partial charge in [-0.2, -0.15) is 0 Å². The number of hydrogen-bond acceptors (Lipinski definition) is 2. The molecule has 3 heteroatoms. The zero-order valence-corrected chi connectivity index (χ0v) is 10.5. The minimum absolute atomic E-state index is 0.215. The van der Waals surface area contributed by atoms with Crippen molar-refractivity contribution >= 4 is 11.6 Å². The second-order valence-electron chi connectivity index (χ2n) is 5.87. The topological polar surface area (TPSA) is 41.1 Å². The van der Waals surface area contributed by atoms with Crippen molar-refractivity contribution in [1.29, 1.82) is 0 Å². The molecule has 1 aliphatic carbocycles. The molecule has 4 rings (SSSR count). The van der Waals surface area contributed by atoms with Crippen LogP contribution in [0.1, 0.15) is 42.7 Å². The van der Waals surface area contributed by atoms with E-state index in [1.54, 1.807) is 0 Å². The molecule has 94 valence electrons. The van der Waals surface area contributed by atoms with Crippen molar-refractivity contribution < 1.29 is 4.79 Å². The van der Waals surface area contributed by atoms with E-state index in [4.69, 9.17) is 0 Å². The smallest absolute Gasteiger partial charge is 0.235 e. The van der Waals surface area contributed by atoms with Crippen LogP contribution in [-0.4, -0.2) is 19.0 Å². The minimum Gasteiger partial charge on any atom is -0.325 e. The number of carbonyl (C=O) groups excluding carboxylic acids is 1. The number of hydrogen-bond donors (Lipinski definition) is 2. The van der Waals surface area contributed by atoms with Gasteiger partial charge >= 0.3 is 0 Å². The number of carbonyl (C=O) groups is 1. The maximum absolute atomic E-state index is 12.4. The predicted octanol–water partition coefficient (Wildman–Crippen LogP) is 2.14. The van der Waals surface area contributed by atoms with Crippen molar-refractivity contribution in [3.63, 3.8) is 0 Å². The summed E-state index contributed by atoms with van der Waals surface area (Å²) in [6.07, 6.45) is 4.49. The summed E-state index contributed by atoms with van der Waals surface area (Å²) in [7, 11) is 0. The Labute approximate surface area is 107 Å². The highest BCUT2D eigenvalue weighted by atomic mass is 16.2. The standard InChI is InChI=1S/C15H18N2O/c18-14-15(5-7-16-8-6-15)12-9-11(10-1-2-10)3-4-13(12)17-14/h3-4,9-10,16H,1-2,5-8H2,(H,17,18). The molecule has 2 N–H and O–H groups in total. The van der Waals surface area contributed by atoms with Crippen LogP contribution in [0.25, 0.3) is 0 Å². The second kappa shape index (κ2) is 3.58. The van der Waals surface area contributed by atoms with Crippen LogP contribution in [0.4, 0.5) is 5.69 Å². The molecule has 1 spiro atoms. The molecule has 0 unspecified atom stereocenters. The molecule has 0 aromatic heterocycles. The highest BCUT2D eigenvalue weighted by molar-refractivity contribution is 6.06. The molecule has 0 radical (unpaired) electrons. The van der Waals surface area contributed by atoms with E-state index in [1.165, 1.54) is 24.0 Å². The first-order chi connectivity index (χ1) is 8.79. The third kappa shape index (κ3) is 1.37. The van der Waals surface area contributed by atoms with E-state index >= 15 is 0 Å². The van der Waals surface area contributed by atoms with Crippen molar-refractivity contribution in [2.24, 2.45) is 0 Å². The number of benzene rings is 1. The van der Waals surface area contributed by atoms with Crippen molar-refractivity contribution in [3.8, 4) is 0 Å². The summed E-state index contributed by atoms with van der Waals surface area (Å²) in [5, 5.41) is 6.43. The first kappa shape index (κ1) is 10.6. The number of amides is 1. The average molecular weight is 242 g/mol. The van der Waals surface area contributed by atoms with Gasteiger partial charge in [-0.1, -0.05) is 12.1 Å². The fraction of sp³-hybridized carbons (Fsp3) is 0.533. The highest BCUT2D eigenvalue weighted by Gasteiger charge is 2.47. The van der Waals surface area contributed by atoms with E-state index in [-0.39, 0.29) is 11.3 Å². The van der Waals surface area contributed by atoms with Crippen LogP contribution in [-0.2, 0) is 10.2 Å². The molecule has 2 heterocycles. The summed E-state index contributed by atoms with van der Waals surface area (Å²) in [4.78, 5) is 12.4. The fourth-order valence-corrected chi connectivity index (χ4v) is 3.45. The number of fused-ring (bicyclic) bond motifs is 2. The van der Waals surface area contributed by atoms with E-state index in [2.05, 4.69) is 28.8 Å². The Balaban J connectivity index is 1.82. The van der Waals surface area contributed by atoms with Crippen LogP contribution in [0.2, 0.25) is 0 Å². The van der Waals surface area contributed by atoms with Crippen molar-refractivity contribution in [1.82, 2.24) is 5.32 Å². The van der Waals surface area contributed by atoms with Crippen LogP contribution in [0.3, 0.4) is 0 Å². The Bertz CT molecular complexity index is 513. The molecule has 3 nitrogen and oxygen atoms in total. The van der Waals surface area contributed by atoms with Crippen LogP contribution < -0.4 is 10.6 Å². The third-order valence-electron chi connectivity index (χ3n) is 4.75. The zero-order chi connectivity index (χ0) is 12.2. The lowest BCUT2D eigenvalue weighted by Gasteiger charge is -2.32. The zero-order valence-electron chi connectivity index (χ0n) is 10.5. The maximum atomic E-state index is 12.4. The molecule has 0 bridgehead atoms. The summed E-state index contributed by atoms with van der Waals surface area (Å²) in [5.74, 6) is 0.969. The Morgan fingerprint density at radius 1 is 1.17 bits per heavy atom. The minimum atomic E-state index is -0.245. The van der Waals surface area contributed by atoms with Gasteiger partial charge in [0.15, 0.2) is 0 Å². The average Bonchev–Trinajstić information content (AvgIpc) is 3.21. The number of piperidine rings is 1. The van der Waals surface area contributed by atoms with E-state index in [0.717, 1.165) is 37.5 Å². The van der Waals surface area contributed by atoms with Gasteiger partial charge in [0.25, 0.3) is 0 Å². The molecule has 3 aliphatic rings. The van der Waals surface area contributed by atoms with Gasteiger partial charge < -0.3 is 10.6 Å². The molecule has 0 atom stereocenters. The van der Waals surface area contributed by atoms with E-state index in [0.29, 0.717) is 0 Å².